The first-order valence-electron chi connectivity index (χ1n) is 45.7. The van der Waals surface area contributed by atoms with Crippen LogP contribution in [0.2, 0.25) is 0 Å². The monoisotopic (exact) mass is 1690 g/mol. The SMILES string of the molecule is Cc1ccccc1-c1ccc2c3ccc(-c4ccccc4C)cc3n(-c3cccc(-n4c5cc(-c6ccccc6C)ccc5c5ccc(-c6ccccc6C)cc54)c3-c3nc(-c4ccccc4)nc(-c4c(-n5c6cc(-c7ccccc7C)ccc6c6ccc(-c7ccccc7C)cc65)cccc4-n4c5cc(-c6ccccc6C)ccc5c5ccc(-c6ccccc6C)cc54)n3)c2c1. The fraction of sp³-hybridized carbons (Fsp3) is 0.0640. The molecular weight excluding hydrogens is 1600 g/mol. The van der Waals surface area contributed by atoms with E-state index < -0.39 is 0 Å². The van der Waals surface area contributed by atoms with Gasteiger partial charge in [0.15, 0.2) is 17.5 Å². The fourth-order valence-electron chi connectivity index (χ4n) is 21.2. The van der Waals surface area contributed by atoms with E-state index in [0.717, 1.165) is 216 Å². The number of rotatable bonds is 15. The van der Waals surface area contributed by atoms with Gasteiger partial charge in [0, 0.05) is 48.7 Å². The van der Waals surface area contributed by atoms with E-state index in [2.05, 4.69) is 480 Å². The van der Waals surface area contributed by atoms with Gasteiger partial charge in [-0.05, 0) is 262 Å². The van der Waals surface area contributed by atoms with Crippen molar-refractivity contribution in [1.82, 2.24) is 33.2 Å². The van der Waals surface area contributed by atoms with Crippen molar-refractivity contribution in [3.05, 3.63) is 451 Å². The van der Waals surface area contributed by atoms with Crippen LogP contribution in [0.15, 0.2) is 406 Å². The Morgan fingerprint density at radius 1 is 0.144 bits per heavy atom. The molecule has 132 heavy (non-hydrogen) atoms. The second-order valence-electron chi connectivity index (χ2n) is 35.7. The minimum absolute atomic E-state index is 0.474. The molecule has 0 fully saturated rings. The zero-order valence-electron chi connectivity index (χ0n) is 74.8. The molecule has 626 valence electrons. The van der Waals surface area contributed by atoms with Gasteiger partial charge in [0.25, 0.3) is 0 Å². The molecule has 0 aliphatic carbocycles. The standard InChI is InChI=1S/C125H91N7/c1-76-30-12-20-40-93(76)85-52-60-101-102-61-53-86(94-41-21-13-31-77(94)2)69-114(102)129(113(101)68-85)109-48-28-49-110(130-115-70-87(95-42-22-14-32-78(95)3)54-62-103(115)104-63-55-88(71-116(104)130)96-43-23-15-33-79(96)4)121(109)124-126-123(84-38-10-9-11-39-84)127-125(128-124)122-111(131-117-72-89(97-44-24-16-34-80(97)5)56-64-105(117)106-65-57-90(73-118(106)131)98-45-25-17-35-81(98)6)50-29-51-112(122)132-119-74-91(99-46-26-18-36-82(99)7)58-66-107(119)108-67-59-92(75-120(108)132)100-47-27-19-37-83(100)8/h9-75H,1-8H3. The molecule has 5 aromatic heterocycles. The van der Waals surface area contributed by atoms with Crippen LogP contribution in [0.5, 0.6) is 0 Å². The predicted octanol–water partition coefficient (Wildman–Crippen LogP) is 33.1. The van der Waals surface area contributed by atoms with Crippen molar-refractivity contribution in [3.8, 4) is 146 Å². The molecule has 24 aromatic rings. The second kappa shape index (κ2) is 31.7. The molecule has 0 aliphatic rings. The Morgan fingerprint density at radius 3 is 0.492 bits per heavy atom. The maximum Gasteiger partial charge on any atom is 0.168 e. The van der Waals surface area contributed by atoms with Crippen molar-refractivity contribution >= 4 is 87.2 Å². The smallest absolute Gasteiger partial charge is 0.168 e. The zero-order valence-corrected chi connectivity index (χ0v) is 74.8. The molecule has 5 heterocycles. The minimum atomic E-state index is 0.474. The molecule has 0 N–H and O–H groups in total. The highest BCUT2D eigenvalue weighted by Gasteiger charge is 2.31. The van der Waals surface area contributed by atoms with Crippen LogP contribution in [0.3, 0.4) is 0 Å². The first-order chi connectivity index (χ1) is 64.8. The lowest BCUT2D eigenvalue weighted by molar-refractivity contribution is 1.04. The molecule has 0 saturated carbocycles. The summed E-state index contributed by atoms with van der Waals surface area (Å²) >= 11 is 0. The zero-order chi connectivity index (χ0) is 88.7. The van der Waals surface area contributed by atoms with Gasteiger partial charge in [-0.3, -0.25) is 0 Å². The lowest BCUT2D eigenvalue weighted by Gasteiger charge is -2.22. The van der Waals surface area contributed by atoms with Gasteiger partial charge in [-0.1, -0.05) is 334 Å². The van der Waals surface area contributed by atoms with Crippen molar-refractivity contribution in [1.29, 1.82) is 0 Å². The van der Waals surface area contributed by atoms with Gasteiger partial charge in [-0.2, -0.15) is 0 Å². The van der Waals surface area contributed by atoms with E-state index in [4.69, 9.17) is 15.0 Å². The summed E-state index contributed by atoms with van der Waals surface area (Å²) in [5, 5.41) is 8.91. The molecule has 7 heteroatoms. The van der Waals surface area contributed by atoms with Crippen molar-refractivity contribution < 1.29 is 0 Å². The predicted molar refractivity (Wildman–Crippen MR) is 555 cm³/mol. The molecule has 0 amide bonds. The summed E-state index contributed by atoms with van der Waals surface area (Å²) in [7, 11) is 0. The van der Waals surface area contributed by atoms with Gasteiger partial charge < -0.3 is 18.3 Å². The van der Waals surface area contributed by atoms with Crippen LogP contribution in [0.25, 0.3) is 233 Å². The molecule has 0 spiro atoms. The van der Waals surface area contributed by atoms with Gasteiger partial charge >= 0.3 is 0 Å². The summed E-state index contributed by atoms with van der Waals surface area (Å²) in [4.78, 5) is 19.0. The van der Waals surface area contributed by atoms with Crippen molar-refractivity contribution in [2.45, 2.75) is 55.4 Å². The summed E-state index contributed by atoms with van der Waals surface area (Å²) < 4.78 is 10.2. The Labute approximate surface area is 767 Å². The van der Waals surface area contributed by atoms with E-state index in [-0.39, 0.29) is 0 Å². The third-order valence-corrected chi connectivity index (χ3v) is 27.8. The summed E-state index contributed by atoms with van der Waals surface area (Å²) in [5.41, 5.74) is 41.9. The first-order valence-corrected chi connectivity index (χ1v) is 45.7. The third kappa shape index (κ3) is 13.0. The van der Waals surface area contributed by atoms with Gasteiger partial charge in [-0.15, -0.1) is 0 Å². The van der Waals surface area contributed by atoms with Gasteiger partial charge in [0.1, 0.15) is 0 Å². The van der Waals surface area contributed by atoms with E-state index in [0.29, 0.717) is 17.5 Å². The average Bonchev–Trinajstić information content (AvgIpc) is 1.55. The number of fused-ring (bicyclic) bond motifs is 12. The number of hydrogen-bond donors (Lipinski definition) is 0. The van der Waals surface area contributed by atoms with E-state index in [9.17, 15) is 0 Å². The van der Waals surface area contributed by atoms with Crippen LogP contribution in [0.4, 0.5) is 0 Å². The lowest BCUT2D eigenvalue weighted by atomic mass is 9.98. The molecule has 0 aliphatic heterocycles. The summed E-state index contributed by atoms with van der Waals surface area (Å²) in [6, 6.07) is 151. The topological polar surface area (TPSA) is 58.4 Å². The number of aryl methyl sites for hydroxylation is 8. The molecule has 19 aromatic carbocycles. The molecule has 24 rings (SSSR count). The maximum atomic E-state index is 6.56. The van der Waals surface area contributed by atoms with Gasteiger partial charge in [-0.25, -0.2) is 15.0 Å². The van der Waals surface area contributed by atoms with E-state index in [1.165, 1.54) is 44.5 Å². The number of aromatic nitrogens is 7. The average molecular weight is 1690 g/mol. The summed E-state index contributed by atoms with van der Waals surface area (Å²) in [6.07, 6.45) is 0. The van der Waals surface area contributed by atoms with Crippen molar-refractivity contribution in [3.63, 3.8) is 0 Å². The van der Waals surface area contributed by atoms with Crippen LogP contribution in [-0.4, -0.2) is 33.2 Å². The Bertz CT molecular complexity index is 7520. The van der Waals surface area contributed by atoms with Crippen LogP contribution in [-0.2, 0) is 0 Å². The Balaban J connectivity index is 0.900. The molecule has 0 unspecified atom stereocenters. The molecule has 0 radical (unpaired) electrons. The minimum Gasteiger partial charge on any atom is -0.308 e. The van der Waals surface area contributed by atoms with Crippen molar-refractivity contribution in [2.24, 2.45) is 0 Å². The quantitative estimate of drug-likeness (QED) is 0.103. The second-order valence-corrected chi connectivity index (χ2v) is 35.7. The highest BCUT2D eigenvalue weighted by atomic mass is 15.1. The molecule has 7 nitrogen and oxygen atoms in total. The van der Waals surface area contributed by atoms with E-state index in [1.54, 1.807) is 0 Å². The van der Waals surface area contributed by atoms with Crippen LogP contribution < -0.4 is 0 Å². The van der Waals surface area contributed by atoms with Gasteiger partial charge in [0.2, 0.25) is 0 Å². The Morgan fingerprint density at radius 2 is 0.311 bits per heavy atom. The van der Waals surface area contributed by atoms with E-state index in [1.807, 2.05) is 0 Å². The largest absolute Gasteiger partial charge is 0.308 e. The Kier molecular flexibility index (Phi) is 18.9. The van der Waals surface area contributed by atoms with Crippen LogP contribution in [0.1, 0.15) is 44.5 Å². The lowest BCUT2D eigenvalue weighted by Crippen LogP contribution is -2.10. The first kappa shape index (κ1) is 78.8. The van der Waals surface area contributed by atoms with Crippen molar-refractivity contribution in [2.75, 3.05) is 0 Å². The number of benzene rings is 19. The molecular formula is C125H91N7. The normalized spacial score (nSPS) is 11.8. The number of nitrogens with zero attached hydrogens (tertiary/aromatic N) is 7. The number of hydrogen-bond acceptors (Lipinski definition) is 3. The Hall–Kier alpha value is -16.6. The maximum absolute atomic E-state index is 6.56. The van der Waals surface area contributed by atoms with E-state index >= 15 is 0 Å². The van der Waals surface area contributed by atoms with Gasteiger partial charge in [0.05, 0.1) is 78.0 Å². The highest BCUT2D eigenvalue weighted by molar-refractivity contribution is 6.17. The molecule has 0 atom stereocenters. The summed E-state index contributed by atoms with van der Waals surface area (Å²) in [6.45, 7) is 17.8. The van der Waals surface area contributed by atoms with Crippen LogP contribution >= 0.6 is 0 Å². The molecule has 0 saturated heterocycles. The molecule has 0 bridgehead atoms. The van der Waals surface area contributed by atoms with Crippen LogP contribution in [0, 0.1) is 55.4 Å². The highest BCUT2D eigenvalue weighted by Crippen LogP contribution is 2.50. The fourth-order valence-corrected chi connectivity index (χ4v) is 21.2. The third-order valence-electron chi connectivity index (χ3n) is 27.8. The summed E-state index contributed by atoms with van der Waals surface area (Å²) in [5.74, 6) is 1.45.